The zero-order valence-electron chi connectivity index (χ0n) is 14.0. The Morgan fingerprint density at radius 1 is 1.04 bits per heavy atom. The summed E-state index contributed by atoms with van der Waals surface area (Å²) in [6, 6.07) is 15.5. The maximum atomic E-state index is 13.0. The number of hydrogen-bond donors (Lipinski definition) is 1. The Balaban J connectivity index is 1.61. The van der Waals surface area contributed by atoms with E-state index in [1.165, 1.54) is 24.3 Å². The van der Waals surface area contributed by atoms with Crippen LogP contribution in [0, 0.1) is 0 Å². The zero-order chi connectivity index (χ0) is 19.3. The third kappa shape index (κ3) is 4.95. The van der Waals surface area contributed by atoms with Crippen molar-refractivity contribution in [2.45, 2.75) is 19.4 Å². The summed E-state index contributed by atoms with van der Waals surface area (Å²) in [6.45, 7) is 0.427. The highest BCUT2D eigenvalue weighted by molar-refractivity contribution is 6.03. The van der Waals surface area contributed by atoms with Crippen molar-refractivity contribution in [2.75, 3.05) is 5.32 Å². The molecule has 8 heteroatoms. The maximum Gasteiger partial charge on any atom is 0.418 e. The van der Waals surface area contributed by atoms with Crippen LogP contribution < -0.4 is 5.32 Å². The average molecular weight is 376 g/mol. The third-order valence-corrected chi connectivity index (χ3v) is 3.63. The predicted octanol–water partition coefficient (Wildman–Crippen LogP) is 4.66. The molecule has 0 aliphatic rings. The molecule has 27 heavy (non-hydrogen) atoms. The van der Waals surface area contributed by atoms with Gasteiger partial charge in [0.05, 0.1) is 17.9 Å². The molecule has 1 aromatic heterocycles. The SMILES string of the molecule is O=C(Nc1ccccc1C(F)(F)F)c1cc(COCc2ccccc2)on1. The molecule has 5 nitrogen and oxygen atoms in total. The van der Waals surface area contributed by atoms with Gasteiger partial charge in [-0.2, -0.15) is 13.2 Å². The van der Waals surface area contributed by atoms with E-state index in [0.29, 0.717) is 12.4 Å². The summed E-state index contributed by atoms with van der Waals surface area (Å²) in [5.74, 6) is -0.509. The fourth-order valence-corrected chi connectivity index (χ4v) is 2.36. The second kappa shape index (κ2) is 8.05. The van der Waals surface area contributed by atoms with E-state index in [2.05, 4.69) is 10.5 Å². The minimum atomic E-state index is -4.58. The van der Waals surface area contributed by atoms with Crippen molar-refractivity contribution in [1.29, 1.82) is 0 Å². The van der Waals surface area contributed by atoms with Gasteiger partial charge in [0.2, 0.25) is 0 Å². The predicted molar refractivity (Wildman–Crippen MR) is 90.8 cm³/mol. The van der Waals surface area contributed by atoms with Gasteiger partial charge in [-0.25, -0.2) is 0 Å². The quantitative estimate of drug-likeness (QED) is 0.679. The Morgan fingerprint density at radius 2 is 1.74 bits per heavy atom. The molecule has 0 saturated heterocycles. The number of halogens is 3. The van der Waals surface area contributed by atoms with Gasteiger partial charge in [0, 0.05) is 6.07 Å². The number of rotatable bonds is 6. The Hall–Kier alpha value is -3.13. The van der Waals surface area contributed by atoms with Crippen molar-refractivity contribution in [3.63, 3.8) is 0 Å². The van der Waals surface area contributed by atoms with Gasteiger partial charge in [-0.05, 0) is 17.7 Å². The van der Waals surface area contributed by atoms with Crippen LogP contribution in [-0.4, -0.2) is 11.1 Å². The Labute approximate surface area is 152 Å². The van der Waals surface area contributed by atoms with E-state index in [1.807, 2.05) is 30.3 Å². The van der Waals surface area contributed by atoms with Crippen LogP contribution in [0.4, 0.5) is 18.9 Å². The van der Waals surface area contributed by atoms with Crippen molar-refractivity contribution in [3.05, 3.63) is 83.2 Å². The summed E-state index contributed by atoms with van der Waals surface area (Å²) in [7, 11) is 0. The largest absolute Gasteiger partial charge is 0.418 e. The highest BCUT2D eigenvalue weighted by Crippen LogP contribution is 2.34. The second-order valence-electron chi connectivity index (χ2n) is 5.65. The van der Waals surface area contributed by atoms with Crippen molar-refractivity contribution in [3.8, 4) is 0 Å². The van der Waals surface area contributed by atoms with E-state index >= 15 is 0 Å². The van der Waals surface area contributed by atoms with Gasteiger partial charge in [-0.1, -0.05) is 47.6 Å². The molecule has 3 rings (SSSR count). The zero-order valence-corrected chi connectivity index (χ0v) is 14.0. The topological polar surface area (TPSA) is 64.4 Å². The normalized spacial score (nSPS) is 11.4. The number of amides is 1. The molecule has 1 N–H and O–H groups in total. The number of carbonyl (C=O) groups is 1. The summed E-state index contributed by atoms with van der Waals surface area (Å²) in [5.41, 5.74) is -0.447. The Bertz CT molecular complexity index is 908. The van der Waals surface area contributed by atoms with Crippen molar-refractivity contribution >= 4 is 11.6 Å². The van der Waals surface area contributed by atoms with Crippen molar-refractivity contribution in [1.82, 2.24) is 5.16 Å². The molecule has 1 amide bonds. The monoisotopic (exact) mass is 376 g/mol. The number of aromatic nitrogens is 1. The molecule has 2 aromatic carbocycles. The van der Waals surface area contributed by atoms with E-state index in [1.54, 1.807) is 0 Å². The number of nitrogens with zero attached hydrogens (tertiary/aromatic N) is 1. The van der Waals surface area contributed by atoms with Crippen LogP contribution in [0.15, 0.2) is 65.2 Å². The lowest BCUT2D eigenvalue weighted by molar-refractivity contribution is -0.136. The molecule has 0 aliphatic carbocycles. The van der Waals surface area contributed by atoms with Crippen LogP contribution in [0.1, 0.15) is 27.4 Å². The number of carbonyl (C=O) groups excluding carboxylic acids is 1. The van der Waals surface area contributed by atoms with Crippen LogP contribution in [0.25, 0.3) is 0 Å². The lowest BCUT2D eigenvalue weighted by Gasteiger charge is -2.12. The van der Waals surface area contributed by atoms with Gasteiger partial charge in [0.25, 0.3) is 5.91 Å². The van der Waals surface area contributed by atoms with Crippen LogP contribution in [0.5, 0.6) is 0 Å². The molecule has 0 radical (unpaired) electrons. The van der Waals surface area contributed by atoms with Crippen LogP contribution >= 0.6 is 0 Å². The molecule has 0 aliphatic heterocycles. The van der Waals surface area contributed by atoms with Gasteiger partial charge >= 0.3 is 6.18 Å². The third-order valence-electron chi connectivity index (χ3n) is 3.63. The van der Waals surface area contributed by atoms with Crippen LogP contribution in [-0.2, 0) is 24.1 Å². The van der Waals surface area contributed by atoms with Gasteiger partial charge in [-0.3, -0.25) is 4.79 Å². The van der Waals surface area contributed by atoms with Gasteiger partial charge in [-0.15, -0.1) is 0 Å². The maximum absolute atomic E-state index is 13.0. The molecule has 0 fully saturated rings. The molecular formula is C19H15F3N2O3. The average Bonchev–Trinajstić information content (AvgIpc) is 3.11. The number of anilines is 1. The summed E-state index contributed by atoms with van der Waals surface area (Å²) >= 11 is 0. The fraction of sp³-hybridized carbons (Fsp3) is 0.158. The summed E-state index contributed by atoms with van der Waals surface area (Å²) in [5, 5.41) is 5.79. The smallest absolute Gasteiger partial charge is 0.369 e. The van der Waals surface area contributed by atoms with Crippen molar-refractivity contribution < 1.29 is 27.2 Å². The molecule has 1 heterocycles. The first-order valence-electron chi connectivity index (χ1n) is 7.98. The fourth-order valence-electron chi connectivity index (χ4n) is 2.36. The van der Waals surface area contributed by atoms with E-state index in [-0.39, 0.29) is 18.0 Å². The first-order chi connectivity index (χ1) is 12.9. The van der Waals surface area contributed by atoms with Crippen LogP contribution in [0.2, 0.25) is 0 Å². The number of nitrogens with one attached hydrogen (secondary N) is 1. The molecule has 3 aromatic rings. The lowest BCUT2D eigenvalue weighted by atomic mass is 10.1. The number of benzene rings is 2. The number of hydrogen-bond acceptors (Lipinski definition) is 4. The summed E-state index contributed by atoms with van der Waals surface area (Å²) < 4.78 is 49.4. The minimum Gasteiger partial charge on any atom is -0.369 e. The van der Waals surface area contributed by atoms with Crippen LogP contribution in [0.3, 0.4) is 0 Å². The minimum absolute atomic E-state index is 0.0777. The van der Waals surface area contributed by atoms with Gasteiger partial charge < -0.3 is 14.6 Å². The molecule has 0 bridgehead atoms. The Morgan fingerprint density at radius 3 is 2.48 bits per heavy atom. The highest BCUT2D eigenvalue weighted by Gasteiger charge is 2.33. The van der Waals surface area contributed by atoms with E-state index < -0.39 is 17.6 Å². The molecule has 140 valence electrons. The summed E-state index contributed by atoms with van der Waals surface area (Å²) in [4.78, 5) is 12.2. The first-order valence-corrected chi connectivity index (χ1v) is 7.98. The lowest BCUT2D eigenvalue weighted by Crippen LogP contribution is -2.16. The van der Waals surface area contributed by atoms with E-state index in [9.17, 15) is 18.0 Å². The van der Waals surface area contributed by atoms with Gasteiger partial charge in [0.1, 0.15) is 6.61 Å². The van der Waals surface area contributed by atoms with Crippen molar-refractivity contribution in [2.24, 2.45) is 0 Å². The number of ether oxygens (including phenoxy) is 1. The number of alkyl halides is 3. The highest BCUT2D eigenvalue weighted by atomic mass is 19.4. The Kier molecular flexibility index (Phi) is 5.56. The first kappa shape index (κ1) is 18.7. The summed E-state index contributed by atoms with van der Waals surface area (Å²) in [6.07, 6.45) is -4.58. The molecule has 0 spiro atoms. The molecule has 0 atom stereocenters. The van der Waals surface area contributed by atoms with Gasteiger partial charge in [0.15, 0.2) is 11.5 Å². The molecular weight excluding hydrogens is 361 g/mol. The van der Waals surface area contributed by atoms with E-state index in [4.69, 9.17) is 9.26 Å². The molecule has 0 saturated carbocycles. The molecule has 0 unspecified atom stereocenters. The van der Waals surface area contributed by atoms with E-state index in [0.717, 1.165) is 11.6 Å². The number of para-hydroxylation sites is 1. The second-order valence-corrected chi connectivity index (χ2v) is 5.65. The standard InChI is InChI=1S/C19H15F3N2O3/c20-19(21,22)15-8-4-5-9-16(15)23-18(25)17-10-14(27-24-17)12-26-11-13-6-2-1-3-7-13/h1-10H,11-12H2,(H,23,25).